The predicted molar refractivity (Wildman–Crippen MR) is 59.1 cm³/mol. The zero-order valence-corrected chi connectivity index (χ0v) is 9.90. The van der Waals surface area contributed by atoms with Crippen LogP contribution in [-0.2, 0) is 11.2 Å². The lowest BCUT2D eigenvalue weighted by molar-refractivity contribution is -0.120. The van der Waals surface area contributed by atoms with Crippen LogP contribution in [0.25, 0.3) is 0 Å². The number of rotatable bonds is 3. The molecule has 1 aliphatic carbocycles. The molecule has 16 heavy (non-hydrogen) atoms. The van der Waals surface area contributed by atoms with Crippen molar-refractivity contribution in [1.82, 2.24) is 10.1 Å². The third-order valence-corrected chi connectivity index (χ3v) is 2.97. The van der Waals surface area contributed by atoms with E-state index >= 15 is 0 Å². The summed E-state index contributed by atoms with van der Waals surface area (Å²) in [6.45, 7) is 4.27. The molecule has 2 rings (SSSR count). The van der Waals surface area contributed by atoms with Gasteiger partial charge in [0.1, 0.15) is 5.78 Å². The van der Waals surface area contributed by atoms with Crippen LogP contribution < -0.4 is 0 Å². The van der Waals surface area contributed by atoms with Crippen LogP contribution in [0.1, 0.15) is 57.2 Å². The molecule has 0 aromatic carbocycles. The summed E-state index contributed by atoms with van der Waals surface area (Å²) in [5.74, 6) is 2.72. The molecule has 0 atom stereocenters. The van der Waals surface area contributed by atoms with Crippen molar-refractivity contribution in [1.29, 1.82) is 0 Å². The van der Waals surface area contributed by atoms with E-state index in [4.69, 9.17) is 4.52 Å². The number of Topliss-reactive ketones (excluding diaryl/α,β-unsaturated/α-hetero) is 1. The molecular weight excluding hydrogens is 204 g/mol. The van der Waals surface area contributed by atoms with Gasteiger partial charge in [0.2, 0.25) is 5.89 Å². The molecule has 0 spiro atoms. The minimum atomic E-state index is 0.297. The predicted octanol–water partition coefficient (Wildman–Crippen LogP) is 2.49. The van der Waals surface area contributed by atoms with Gasteiger partial charge in [-0.3, -0.25) is 4.79 Å². The van der Waals surface area contributed by atoms with Gasteiger partial charge in [0.05, 0.1) is 0 Å². The molecule has 0 N–H and O–H groups in total. The topological polar surface area (TPSA) is 56.0 Å². The van der Waals surface area contributed by atoms with Crippen molar-refractivity contribution in [3.05, 3.63) is 11.7 Å². The van der Waals surface area contributed by atoms with Crippen molar-refractivity contribution in [3.63, 3.8) is 0 Å². The van der Waals surface area contributed by atoms with E-state index in [1.807, 2.05) is 0 Å². The lowest BCUT2D eigenvalue weighted by atomic mass is 9.88. The summed E-state index contributed by atoms with van der Waals surface area (Å²) in [6, 6.07) is 0. The highest BCUT2D eigenvalue weighted by Crippen LogP contribution is 2.30. The van der Waals surface area contributed by atoms with Crippen molar-refractivity contribution in [2.24, 2.45) is 5.92 Å². The van der Waals surface area contributed by atoms with E-state index in [1.54, 1.807) is 0 Å². The second-order valence-corrected chi connectivity index (χ2v) is 4.96. The molecule has 1 heterocycles. The number of hydrogen-bond donors (Lipinski definition) is 0. The van der Waals surface area contributed by atoms with E-state index in [1.165, 1.54) is 0 Å². The maximum Gasteiger partial charge on any atom is 0.229 e. The molecule has 0 aliphatic heterocycles. The average Bonchev–Trinajstić information content (AvgIpc) is 2.66. The zero-order valence-electron chi connectivity index (χ0n) is 9.90. The highest BCUT2D eigenvalue weighted by molar-refractivity contribution is 5.79. The van der Waals surface area contributed by atoms with Gasteiger partial charge < -0.3 is 4.52 Å². The molecule has 1 aromatic rings. The van der Waals surface area contributed by atoms with Crippen molar-refractivity contribution >= 4 is 5.78 Å². The molecule has 1 aliphatic rings. The van der Waals surface area contributed by atoms with Crippen LogP contribution in [0.5, 0.6) is 0 Å². The van der Waals surface area contributed by atoms with E-state index in [-0.39, 0.29) is 0 Å². The summed E-state index contributed by atoms with van der Waals surface area (Å²) < 4.78 is 5.27. The maximum absolute atomic E-state index is 11.1. The molecule has 4 nitrogen and oxygen atoms in total. The maximum atomic E-state index is 11.1. The molecule has 88 valence electrons. The number of hydrogen-bond acceptors (Lipinski definition) is 4. The van der Waals surface area contributed by atoms with Crippen LogP contribution in [0, 0.1) is 5.92 Å². The van der Waals surface area contributed by atoms with Crippen LogP contribution in [0.3, 0.4) is 0 Å². The third kappa shape index (κ3) is 2.68. The van der Waals surface area contributed by atoms with Crippen LogP contribution in [-0.4, -0.2) is 15.9 Å². The number of nitrogens with zero attached hydrogens (tertiary/aromatic N) is 2. The Hall–Kier alpha value is -1.19. The van der Waals surface area contributed by atoms with Gasteiger partial charge in [-0.2, -0.15) is 4.98 Å². The Morgan fingerprint density at radius 3 is 2.69 bits per heavy atom. The van der Waals surface area contributed by atoms with Gasteiger partial charge in [-0.25, -0.2) is 0 Å². The number of carbonyl (C=O) groups excluding carboxylic acids is 1. The monoisotopic (exact) mass is 222 g/mol. The quantitative estimate of drug-likeness (QED) is 0.788. The van der Waals surface area contributed by atoms with Gasteiger partial charge >= 0.3 is 0 Å². The largest absolute Gasteiger partial charge is 0.339 e. The summed E-state index contributed by atoms with van der Waals surface area (Å²) >= 11 is 0. The van der Waals surface area contributed by atoms with Crippen LogP contribution >= 0.6 is 0 Å². The molecule has 1 saturated carbocycles. The Bertz CT molecular complexity index is 361. The van der Waals surface area contributed by atoms with E-state index in [2.05, 4.69) is 24.0 Å². The Kier molecular flexibility index (Phi) is 3.36. The molecule has 0 bridgehead atoms. The highest BCUT2D eigenvalue weighted by Gasteiger charge is 2.24. The molecule has 4 heteroatoms. The number of ketones is 1. The number of carbonyl (C=O) groups is 1. The average molecular weight is 222 g/mol. The van der Waals surface area contributed by atoms with Crippen LogP contribution in [0.4, 0.5) is 0 Å². The van der Waals surface area contributed by atoms with E-state index in [9.17, 15) is 4.79 Å². The Balaban J connectivity index is 1.99. The first-order chi connectivity index (χ1) is 7.65. The lowest BCUT2D eigenvalue weighted by Gasteiger charge is -2.16. The van der Waals surface area contributed by atoms with Crippen molar-refractivity contribution in [2.75, 3.05) is 0 Å². The lowest BCUT2D eigenvalue weighted by Crippen LogP contribution is -2.12. The fraction of sp³-hybridized carbons (Fsp3) is 0.750. The van der Waals surface area contributed by atoms with Crippen molar-refractivity contribution in [3.8, 4) is 0 Å². The summed E-state index contributed by atoms with van der Waals surface area (Å²) in [7, 11) is 0. The summed E-state index contributed by atoms with van der Waals surface area (Å²) in [4.78, 5) is 15.5. The Morgan fingerprint density at radius 1 is 1.38 bits per heavy atom. The zero-order chi connectivity index (χ0) is 11.5. The second kappa shape index (κ2) is 4.76. The van der Waals surface area contributed by atoms with Gasteiger partial charge in [0.15, 0.2) is 5.82 Å². The van der Waals surface area contributed by atoms with Gasteiger partial charge in [-0.15, -0.1) is 0 Å². The Labute approximate surface area is 95.4 Å². The fourth-order valence-corrected chi connectivity index (χ4v) is 2.07. The van der Waals surface area contributed by atoms with E-state index < -0.39 is 0 Å². The molecule has 0 radical (unpaired) electrons. The van der Waals surface area contributed by atoms with E-state index in [0.29, 0.717) is 30.5 Å². The first-order valence-electron chi connectivity index (χ1n) is 5.99. The molecular formula is C12H18N2O2. The van der Waals surface area contributed by atoms with Crippen molar-refractivity contribution < 1.29 is 9.32 Å². The van der Waals surface area contributed by atoms with Gasteiger partial charge in [0.25, 0.3) is 0 Å². The molecule has 0 unspecified atom stereocenters. The van der Waals surface area contributed by atoms with E-state index in [0.717, 1.165) is 31.0 Å². The molecule has 0 saturated heterocycles. The van der Waals surface area contributed by atoms with Gasteiger partial charge in [0, 0.05) is 25.2 Å². The molecule has 0 amide bonds. The van der Waals surface area contributed by atoms with Gasteiger partial charge in [-0.1, -0.05) is 19.0 Å². The molecule has 1 aromatic heterocycles. The summed E-state index contributed by atoms with van der Waals surface area (Å²) in [5.41, 5.74) is 0. The fourth-order valence-electron chi connectivity index (χ4n) is 2.07. The van der Waals surface area contributed by atoms with Gasteiger partial charge in [-0.05, 0) is 18.8 Å². The minimum absolute atomic E-state index is 0.297. The number of aromatic nitrogens is 2. The highest BCUT2D eigenvalue weighted by atomic mass is 16.5. The Morgan fingerprint density at radius 2 is 2.06 bits per heavy atom. The van der Waals surface area contributed by atoms with Crippen LogP contribution in [0.2, 0.25) is 0 Å². The second-order valence-electron chi connectivity index (χ2n) is 4.96. The van der Waals surface area contributed by atoms with Crippen LogP contribution in [0.15, 0.2) is 4.52 Å². The summed E-state index contributed by atoms with van der Waals surface area (Å²) in [5, 5.41) is 3.98. The minimum Gasteiger partial charge on any atom is -0.339 e. The SMILES string of the molecule is CC(C)Cc1noc(C2CCC(=O)CC2)n1. The normalized spacial score (nSPS) is 18.3. The molecule has 1 fully saturated rings. The van der Waals surface area contributed by atoms with Crippen molar-refractivity contribution in [2.45, 2.75) is 51.9 Å². The standard InChI is InChI=1S/C12H18N2O2/c1-8(2)7-11-13-12(16-14-11)9-3-5-10(15)6-4-9/h8-9H,3-7H2,1-2H3. The summed E-state index contributed by atoms with van der Waals surface area (Å²) in [6.07, 6.45) is 3.90. The first-order valence-corrected chi connectivity index (χ1v) is 5.99. The first kappa shape index (κ1) is 11.3. The third-order valence-electron chi connectivity index (χ3n) is 2.97. The smallest absolute Gasteiger partial charge is 0.229 e.